The van der Waals surface area contributed by atoms with E-state index >= 15 is 0 Å². The summed E-state index contributed by atoms with van der Waals surface area (Å²) in [6, 6.07) is 6.92. The van der Waals surface area contributed by atoms with E-state index in [1.165, 1.54) is 11.3 Å². The number of aromatic nitrogens is 2. The second-order valence-electron chi connectivity index (χ2n) is 5.50. The third-order valence-corrected chi connectivity index (χ3v) is 4.01. The van der Waals surface area contributed by atoms with Crippen molar-refractivity contribution in [3.05, 3.63) is 34.8 Å². The molecule has 2 rings (SSSR count). The van der Waals surface area contributed by atoms with E-state index in [4.69, 9.17) is 0 Å². The lowest BCUT2D eigenvalue weighted by molar-refractivity contribution is -0.116. The van der Waals surface area contributed by atoms with Crippen LogP contribution < -0.4 is 10.6 Å². The summed E-state index contributed by atoms with van der Waals surface area (Å²) in [5.41, 5.74) is 0.897. The molecule has 2 aromatic rings. The first-order valence-corrected chi connectivity index (χ1v) is 8.33. The Morgan fingerprint density at radius 2 is 1.91 bits per heavy atom. The highest BCUT2D eigenvalue weighted by molar-refractivity contribution is 7.15. The molecule has 2 amide bonds. The van der Waals surface area contributed by atoms with Gasteiger partial charge in [0, 0.05) is 6.42 Å². The first-order chi connectivity index (χ1) is 11.0. The Bertz CT molecular complexity index is 697. The molecule has 2 N–H and O–H groups in total. The van der Waals surface area contributed by atoms with E-state index in [9.17, 15) is 9.59 Å². The molecule has 0 saturated heterocycles. The number of nitrogens with zero attached hydrogens (tertiary/aromatic N) is 2. The van der Waals surface area contributed by atoms with Gasteiger partial charge in [-0.1, -0.05) is 44.2 Å². The van der Waals surface area contributed by atoms with Crippen LogP contribution in [0.2, 0.25) is 0 Å². The fraction of sp³-hybridized carbons (Fsp3) is 0.375. The largest absolute Gasteiger partial charge is 0.325 e. The number of para-hydroxylation sites is 1. The molecule has 7 heteroatoms. The topological polar surface area (TPSA) is 84.0 Å². The molecule has 0 saturated carbocycles. The minimum atomic E-state index is -0.316. The summed E-state index contributed by atoms with van der Waals surface area (Å²) in [5.74, 6) is -0.168. The maximum atomic E-state index is 12.4. The Kier molecular flexibility index (Phi) is 5.81. The van der Waals surface area contributed by atoms with Crippen molar-refractivity contribution in [2.24, 2.45) is 5.92 Å². The number of nitrogens with one attached hydrogen (secondary N) is 2. The van der Waals surface area contributed by atoms with Gasteiger partial charge in [-0.25, -0.2) is 0 Å². The average Bonchev–Trinajstić information content (AvgIpc) is 2.94. The number of benzene rings is 1. The van der Waals surface area contributed by atoms with Crippen LogP contribution in [0.15, 0.2) is 24.3 Å². The van der Waals surface area contributed by atoms with E-state index < -0.39 is 0 Å². The molecule has 0 aliphatic carbocycles. The zero-order valence-electron chi connectivity index (χ0n) is 13.4. The van der Waals surface area contributed by atoms with Gasteiger partial charge >= 0.3 is 0 Å². The monoisotopic (exact) mass is 332 g/mol. The lowest BCUT2D eigenvalue weighted by atomic mass is 10.1. The number of anilines is 2. The van der Waals surface area contributed by atoms with Gasteiger partial charge in [-0.15, -0.1) is 10.2 Å². The molecule has 1 aromatic heterocycles. The highest BCUT2D eigenvalue weighted by Gasteiger charge is 2.15. The van der Waals surface area contributed by atoms with Crippen LogP contribution >= 0.6 is 11.3 Å². The van der Waals surface area contributed by atoms with E-state index in [0.29, 0.717) is 22.8 Å². The molecular formula is C16H20N4O2S. The maximum Gasteiger partial charge on any atom is 0.259 e. The molecule has 0 bridgehead atoms. The molecule has 0 fully saturated rings. The first kappa shape index (κ1) is 17.1. The van der Waals surface area contributed by atoms with Crippen molar-refractivity contribution in [1.29, 1.82) is 0 Å². The zero-order valence-corrected chi connectivity index (χ0v) is 14.2. The molecule has 23 heavy (non-hydrogen) atoms. The normalized spacial score (nSPS) is 10.6. The van der Waals surface area contributed by atoms with E-state index in [1.54, 1.807) is 24.3 Å². The van der Waals surface area contributed by atoms with Gasteiger partial charge in [0.2, 0.25) is 11.0 Å². The number of aryl methyl sites for hydroxylation is 1. The molecule has 0 aliphatic heterocycles. The SMILES string of the molecule is CCc1nnc(NC(=O)c2ccccc2NC(=O)CC(C)C)s1. The Labute approximate surface area is 139 Å². The Balaban J connectivity index is 2.12. The predicted octanol–water partition coefficient (Wildman–Crippen LogP) is 3.34. The minimum absolute atomic E-state index is 0.107. The molecule has 0 radical (unpaired) electrons. The molecule has 1 heterocycles. The summed E-state index contributed by atoms with van der Waals surface area (Å²) < 4.78 is 0. The fourth-order valence-electron chi connectivity index (χ4n) is 1.97. The van der Waals surface area contributed by atoms with Crippen molar-refractivity contribution in [2.45, 2.75) is 33.6 Å². The van der Waals surface area contributed by atoms with Gasteiger partial charge in [0.15, 0.2) is 0 Å². The Hall–Kier alpha value is -2.28. The summed E-state index contributed by atoms with van der Waals surface area (Å²) in [6.07, 6.45) is 1.18. The third-order valence-electron chi connectivity index (χ3n) is 3.03. The second kappa shape index (κ2) is 7.82. The lowest BCUT2D eigenvalue weighted by Gasteiger charge is -2.11. The van der Waals surface area contributed by atoms with Crippen molar-refractivity contribution in [1.82, 2.24) is 10.2 Å². The molecule has 0 spiro atoms. The third kappa shape index (κ3) is 4.85. The maximum absolute atomic E-state index is 12.4. The number of hydrogen-bond acceptors (Lipinski definition) is 5. The summed E-state index contributed by atoms with van der Waals surface area (Å²) >= 11 is 1.34. The molecule has 1 aromatic carbocycles. The number of amides is 2. The molecule has 0 atom stereocenters. The number of carbonyl (C=O) groups is 2. The van der Waals surface area contributed by atoms with Gasteiger partial charge < -0.3 is 5.32 Å². The molecule has 0 unspecified atom stereocenters. The highest BCUT2D eigenvalue weighted by atomic mass is 32.1. The summed E-state index contributed by atoms with van der Waals surface area (Å²) in [5, 5.41) is 14.7. The van der Waals surface area contributed by atoms with Gasteiger partial charge in [0.05, 0.1) is 11.3 Å². The van der Waals surface area contributed by atoms with Crippen LogP contribution in [-0.2, 0) is 11.2 Å². The second-order valence-corrected chi connectivity index (χ2v) is 6.56. The molecular weight excluding hydrogens is 312 g/mol. The fourth-order valence-corrected chi connectivity index (χ4v) is 2.65. The minimum Gasteiger partial charge on any atom is -0.325 e. The van der Waals surface area contributed by atoms with Crippen LogP contribution in [0.4, 0.5) is 10.8 Å². The first-order valence-electron chi connectivity index (χ1n) is 7.52. The summed E-state index contributed by atoms with van der Waals surface area (Å²) in [4.78, 5) is 24.3. The Morgan fingerprint density at radius 1 is 1.17 bits per heavy atom. The van der Waals surface area contributed by atoms with Crippen LogP contribution in [0.25, 0.3) is 0 Å². The van der Waals surface area contributed by atoms with Crippen molar-refractivity contribution >= 4 is 34.0 Å². The van der Waals surface area contributed by atoms with Gasteiger partial charge in [0.25, 0.3) is 5.91 Å². The molecule has 122 valence electrons. The standard InChI is InChI=1S/C16H20N4O2S/c1-4-14-19-20-16(23-14)18-15(22)11-7-5-6-8-12(11)17-13(21)9-10(2)3/h5-8,10H,4,9H2,1-3H3,(H,17,21)(H,18,20,22). The highest BCUT2D eigenvalue weighted by Crippen LogP contribution is 2.20. The van der Waals surface area contributed by atoms with Crippen molar-refractivity contribution < 1.29 is 9.59 Å². The number of rotatable bonds is 6. The van der Waals surface area contributed by atoms with Crippen LogP contribution in [0, 0.1) is 5.92 Å². The summed E-state index contributed by atoms with van der Waals surface area (Å²) in [7, 11) is 0. The zero-order chi connectivity index (χ0) is 16.8. The predicted molar refractivity (Wildman–Crippen MR) is 91.8 cm³/mol. The Morgan fingerprint density at radius 3 is 2.57 bits per heavy atom. The smallest absolute Gasteiger partial charge is 0.259 e. The van der Waals surface area contributed by atoms with Crippen LogP contribution in [-0.4, -0.2) is 22.0 Å². The number of carbonyl (C=O) groups excluding carboxylic acids is 2. The van der Waals surface area contributed by atoms with Crippen molar-refractivity contribution in [2.75, 3.05) is 10.6 Å². The van der Waals surface area contributed by atoms with E-state index in [-0.39, 0.29) is 17.7 Å². The van der Waals surface area contributed by atoms with E-state index in [1.807, 2.05) is 20.8 Å². The van der Waals surface area contributed by atoms with Gasteiger partial charge in [-0.05, 0) is 24.5 Å². The van der Waals surface area contributed by atoms with Crippen LogP contribution in [0.3, 0.4) is 0 Å². The van der Waals surface area contributed by atoms with Crippen LogP contribution in [0.1, 0.15) is 42.6 Å². The van der Waals surface area contributed by atoms with Crippen LogP contribution in [0.5, 0.6) is 0 Å². The van der Waals surface area contributed by atoms with Crippen molar-refractivity contribution in [3.8, 4) is 0 Å². The van der Waals surface area contributed by atoms with E-state index in [2.05, 4.69) is 20.8 Å². The quantitative estimate of drug-likeness (QED) is 0.850. The van der Waals surface area contributed by atoms with Gasteiger partial charge in [0.1, 0.15) is 5.01 Å². The van der Waals surface area contributed by atoms with Crippen molar-refractivity contribution in [3.63, 3.8) is 0 Å². The number of hydrogen-bond donors (Lipinski definition) is 2. The van der Waals surface area contributed by atoms with Gasteiger partial charge in [-0.2, -0.15) is 0 Å². The molecule has 0 aliphatic rings. The van der Waals surface area contributed by atoms with E-state index in [0.717, 1.165) is 11.4 Å². The average molecular weight is 332 g/mol. The summed E-state index contributed by atoms with van der Waals surface area (Å²) in [6.45, 7) is 5.92. The lowest BCUT2D eigenvalue weighted by Crippen LogP contribution is -2.19. The van der Waals surface area contributed by atoms with Gasteiger partial charge in [-0.3, -0.25) is 14.9 Å². The molecule has 6 nitrogen and oxygen atoms in total.